The van der Waals surface area contributed by atoms with Crippen LogP contribution in [0.15, 0.2) is 0 Å². The third-order valence-corrected chi connectivity index (χ3v) is 0. The third kappa shape index (κ3) is 74.9. The zero-order valence-electron chi connectivity index (χ0n) is 2.76. The minimum absolute atomic E-state index is 0. The Balaban J connectivity index is 0. The van der Waals surface area contributed by atoms with Gasteiger partial charge in [0.1, 0.15) is 0 Å². The predicted molar refractivity (Wildman–Crippen MR) is 2.22 cm³/mol. The van der Waals surface area contributed by atoms with Crippen molar-refractivity contribution in [3.05, 3.63) is 0 Å². The maximum Gasteiger partial charge on any atom is 0.0777 e. The fraction of sp³-hybridized carbons (Fsp3) is 0. The molecule has 0 heterocycles. The van der Waals surface area contributed by atoms with Crippen LogP contribution in [0, 0.1) is 10.2 Å². The average molecular weight is 213 g/mol. The van der Waals surface area contributed by atoms with Gasteiger partial charge < -0.3 is 0 Å². The minimum Gasteiger partial charge on any atom is -0.183 e. The van der Waals surface area contributed by atoms with Crippen LogP contribution in [0.4, 0.5) is 0 Å². The van der Waals surface area contributed by atoms with Gasteiger partial charge in [0.2, 0.25) is 0 Å². The van der Waals surface area contributed by atoms with Crippen LogP contribution in [-0.4, -0.2) is 4.66 Å². The first kappa shape index (κ1) is 10.1. The van der Waals surface area contributed by atoms with Gasteiger partial charge in [0.15, 0.2) is 0 Å². The zero-order valence-corrected chi connectivity index (χ0v) is 7.55. The molecule has 0 saturated carbocycles. The van der Waals surface area contributed by atoms with E-state index in [0.717, 1.165) is 0 Å². The second-order valence-electron chi connectivity index (χ2n) is 0.396. The maximum absolute atomic E-state index is 8.60. The Morgan fingerprint density at radius 1 is 1.17 bits per heavy atom. The summed E-state index contributed by atoms with van der Waals surface area (Å²) in [6.07, 6.45) is 0. The van der Waals surface area contributed by atoms with E-state index in [1.165, 1.54) is 0 Å². The molecule has 0 aliphatic heterocycles. The Labute approximate surface area is 56.3 Å². The maximum atomic E-state index is 8.60. The Kier molecular flexibility index (Phi) is 5.24. The smallest absolute Gasteiger partial charge is 0.0777 e. The van der Waals surface area contributed by atoms with Crippen molar-refractivity contribution in [3.8, 4) is 0 Å². The van der Waals surface area contributed by atoms with Gasteiger partial charge >= 0.3 is 0 Å². The van der Waals surface area contributed by atoms with Crippen LogP contribution in [0.3, 0.4) is 0 Å². The molecule has 0 aromatic rings. The molecule has 6 heteroatoms. The van der Waals surface area contributed by atoms with Gasteiger partial charge in [-0.1, -0.05) is 0 Å². The Bertz CT molecular complexity index is 23.0. The molecule has 0 fully saturated rings. The molecule has 0 bridgehead atoms. The summed E-state index contributed by atoms with van der Waals surface area (Å²) >= 11 is 0. The summed E-state index contributed by atoms with van der Waals surface area (Å²) in [6.45, 7) is 0. The average Bonchev–Trinajstić information content (AvgIpc) is 0.722. The molecule has 0 radical (unpaired) electrons. The largest absolute Gasteiger partial charge is 0.183 e. The molecular weight excluding hydrogens is 212 g/mol. The monoisotopic (exact) mass is 214 g/mol. The van der Waals surface area contributed by atoms with E-state index in [2.05, 4.69) is 0 Å². The van der Waals surface area contributed by atoms with Crippen molar-refractivity contribution in [1.29, 1.82) is 0 Å². The van der Waals surface area contributed by atoms with Gasteiger partial charge in [-0.3, -0.25) is 0 Å². The Hall–Kier alpha value is 1.05. The van der Waals surface area contributed by atoms with Crippen molar-refractivity contribution in [1.82, 2.24) is 0 Å². The summed E-state index contributed by atoms with van der Waals surface area (Å²) in [5, 5.41) is 0. The second kappa shape index (κ2) is 3.11. The van der Waals surface area contributed by atoms with Gasteiger partial charge in [0.25, 0.3) is 0 Å². The van der Waals surface area contributed by atoms with Gasteiger partial charge in [0.05, 0.1) is 14.9 Å². The molecule has 0 unspecified atom stereocenters. The summed E-state index contributed by atoms with van der Waals surface area (Å²) in [4.78, 5) is 0. The van der Waals surface area contributed by atoms with Crippen LogP contribution in [0.5, 0.6) is 0 Å². The first-order valence-electron chi connectivity index (χ1n) is 0.632. The van der Waals surface area contributed by atoms with E-state index in [1.807, 2.05) is 0 Å². The number of rotatable bonds is 0. The van der Waals surface area contributed by atoms with E-state index >= 15 is 0 Å². The molecule has 1 N–H and O–H groups in total. The van der Waals surface area contributed by atoms with Crippen LogP contribution in [-0.2, 0) is 27.3 Å². The van der Waals surface area contributed by atoms with Crippen molar-refractivity contribution in [3.63, 3.8) is 0 Å². The molecule has 0 aliphatic carbocycles. The predicted octanol–water partition coefficient (Wildman–Crippen LogP) is -4.13. The van der Waals surface area contributed by atoms with Crippen LogP contribution < -0.4 is 14.0 Å². The van der Waals surface area contributed by atoms with Crippen molar-refractivity contribution in [2.45, 2.75) is 0 Å². The molecule has 0 rings (SSSR count). The summed E-state index contributed by atoms with van der Waals surface area (Å²) < 4.78 is 32.7. The number of hydrogen-bond acceptors (Lipinski definition) is 4. The standard InChI is InChI=1S/Cd.ClHO4/c;2-1(3,4)5/h;(H,2,3,4,5). The molecule has 0 aromatic heterocycles. The summed E-state index contributed by atoms with van der Waals surface area (Å²) in [7, 11) is -4.69. The topological polar surface area (TPSA) is 89.4 Å². The molecule has 0 aromatic carbocycles. The number of hydrogen-bond donors (Lipinski definition) is 1. The van der Waals surface area contributed by atoms with Crippen LogP contribution in [0.25, 0.3) is 0 Å². The van der Waals surface area contributed by atoms with Crippen LogP contribution >= 0.6 is 0 Å². The third-order valence-electron chi connectivity index (χ3n) is 0. The van der Waals surface area contributed by atoms with E-state index in [0.29, 0.717) is 0 Å². The second-order valence-corrected chi connectivity index (χ2v) is 1.19. The first-order chi connectivity index (χ1) is 2.00. The number of halogens is 1. The van der Waals surface area contributed by atoms with Crippen LogP contribution in [0.1, 0.15) is 0 Å². The van der Waals surface area contributed by atoms with Crippen molar-refractivity contribution >= 4 is 0 Å². The van der Waals surface area contributed by atoms with E-state index in [1.54, 1.807) is 0 Å². The fourth-order valence-electron chi connectivity index (χ4n) is 0. The molecular formula is HCdClO4. The normalized spacial score (nSPS) is 10.0. The summed E-state index contributed by atoms with van der Waals surface area (Å²) in [6, 6.07) is 0. The van der Waals surface area contributed by atoms with Gasteiger partial charge in [-0.2, -0.15) is 14.0 Å². The molecule has 0 amide bonds. The molecule has 0 atom stereocenters. The quantitative estimate of drug-likeness (QED) is 0.414. The van der Waals surface area contributed by atoms with Gasteiger partial charge in [0, 0.05) is 27.3 Å². The van der Waals surface area contributed by atoms with E-state index in [9.17, 15) is 0 Å². The van der Waals surface area contributed by atoms with Crippen molar-refractivity contribution < 1.29 is 56.2 Å². The zero-order chi connectivity index (χ0) is 4.50. The molecule has 0 saturated heterocycles. The van der Waals surface area contributed by atoms with Gasteiger partial charge in [-0.15, -0.1) is 0 Å². The van der Waals surface area contributed by atoms with E-state index in [4.69, 9.17) is 18.6 Å². The molecule has 6 heavy (non-hydrogen) atoms. The molecule has 4 nitrogen and oxygen atoms in total. The van der Waals surface area contributed by atoms with E-state index in [-0.39, 0.29) is 27.3 Å². The molecule has 0 spiro atoms. The van der Waals surface area contributed by atoms with E-state index < -0.39 is 10.2 Å². The SMILES string of the molecule is [Cd].[O-][Cl+3]([O-])([O-])O. The van der Waals surface area contributed by atoms with Crippen molar-refractivity contribution in [2.24, 2.45) is 0 Å². The minimum atomic E-state index is -4.69. The first-order valence-corrected chi connectivity index (χ1v) is 1.90. The van der Waals surface area contributed by atoms with Gasteiger partial charge in [-0.05, 0) is 0 Å². The Morgan fingerprint density at radius 2 is 1.17 bits per heavy atom. The molecule has 0 aliphatic rings. The summed E-state index contributed by atoms with van der Waals surface area (Å²) in [5.41, 5.74) is 0. The fourth-order valence-corrected chi connectivity index (χ4v) is 0. The molecule has 34 valence electrons. The van der Waals surface area contributed by atoms with Gasteiger partial charge in [-0.25, -0.2) is 0 Å². The summed E-state index contributed by atoms with van der Waals surface area (Å²) in [5.74, 6) is 0. The van der Waals surface area contributed by atoms with Crippen LogP contribution in [0.2, 0.25) is 0 Å². The van der Waals surface area contributed by atoms with Crippen molar-refractivity contribution in [2.75, 3.05) is 0 Å². The Morgan fingerprint density at radius 3 is 1.17 bits per heavy atom.